The van der Waals surface area contributed by atoms with Gasteiger partial charge in [0.1, 0.15) is 0 Å². The van der Waals surface area contributed by atoms with Crippen molar-refractivity contribution in [3.05, 3.63) is 38.3 Å². The summed E-state index contributed by atoms with van der Waals surface area (Å²) in [7, 11) is 0. The van der Waals surface area contributed by atoms with Gasteiger partial charge < -0.3 is 4.90 Å². The van der Waals surface area contributed by atoms with E-state index in [1.165, 1.54) is 18.2 Å². The molecule has 0 spiro atoms. The minimum absolute atomic E-state index is 0.0181. The smallest absolute Gasteiger partial charge is 0.270 e. The van der Waals surface area contributed by atoms with Gasteiger partial charge >= 0.3 is 0 Å². The molecule has 2 rings (SSSR count). The molecule has 1 heterocycles. The number of carbonyl (C=O) groups is 1. The molecule has 0 N–H and O–H groups in total. The van der Waals surface area contributed by atoms with Crippen LogP contribution < -0.4 is 0 Å². The van der Waals surface area contributed by atoms with E-state index in [-0.39, 0.29) is 11.6 Å². The number of halogens is 1. The van der Waals surface area contributed by atoms with Crippen LogP contribution in [0.4, 0.5) is 5.69 Å². The van der Waals surface area contributed by atoms with Crippen LogP contribution in [0.5, 0.6) is 0 Å². The largest absolute Gasteiger partial charge is 0.338 e. The second kappa shape index (κ2) is 5.69. The predicted octanol–water partition coefficient (Wildman–Crippen LogP) is 3.23. The van der Waals surface area contributed by atoms with E-state index in [4.69, 9.17) is 0 Å². The fourth-order valence-corrected chi connectivity index (χ4v) is 2.87. The quantitative estimate of drug-likeness (QED) is 0.619. The normalized spacial score (nSPS) is 19.3. The van der Waals surface area contributed by atoms with Crippen LogP contribution in [0.3, 0.4) is 0 Å². The number of likely N-dealkylation sites (tertiary alicyclic amines) is 1. The van der Waals surface area contributed by atoms with Crippen LogP contribution in [-0.4, -0.2) is 28.8 Å². The first-order valence-corrected chi connectivity index (χ1v) is 7.01. The molecule has 0 bridgehead atoms. The second-order valence-corrected chi connectivity index (χ2v) is 5.77. The maximum absolute atomic E-state index is 12.4. The number of amides is 1. The van der Waals surface area contributed by atoms with Crippen LogP contribution in [0, 0.1) is 16.0 Å². The Balaban J connectivity index is 2.21. The van der Waals surface area contributed by atoms with Crippen molar-refractivity contribution in [1.82, 2.24) is 4.90 Å². The third-order valence-electron chi connectivity index (χ3n) is 3.34. The average molecular weight is 327 g/mol. The van der Waals surface area contributed by atoms with Gasteiger partial charge in [-0.05, 0) is 40.8 Å². The van der Waals surface area contributed by atoms with Gasteiger partial charge in [-0.3, -0.25) is 14.9 Å². The van der Waals surface area contributed by atoms with E-state index in [0.29, 0.717) is 16.0 Å². The average Bonchev–Trinajstić information content (AvgIpc) is 2.37. The van der Waals surface area contributed by atoms with Crippen molar-refractivity contribution in [2.45, 2.75) is 19.8 Å². The summed E-state index contributed by atoms with van der Waals surface area (Å²) in [6.45, 7) is 3.64. The van der Waals surface area contributed by atoms with Gasteiger partial charge in [-0.1, -0.05) is 6.92 Å². The van der Waals surface area contributed by atoms with Crippen molar-refractivity contribution < 1.29 is 9.72 Å². The third-order valence-corrected chi connectivity index (χ3v) is 3.99. The van der Waals surface area contributed by atoms with Crippen LogP contribution in [0.2, 0.25) is 0 Å². The lowest BCUT2D eigenvalue weighted by Crippen LogP contribution is -2.39. The van der Waals surface area contributed by atoms with Gasteiger partial charge in [0.05, 0.1) is 10.5 Å². The molecule has 1 aliphatic heterocycles. The van der Waals surface area contributed by atoms with Crippen molar-refractivity contribution in [2.75, 3.05) is 13.1 Å². The summed E-state index contributed by atoms with van der Waals surface area (Å²) in [6.07, 6.45) is 2.16. The minimum atomic E-state index is -0.470. The molecule has 1 aliphatic rings. The van der Waals surface area contributed by atoms with Crippen molar-refractivity contribution in [2.24, 2.45) is 5.92 Å². The summed E-state index contributed by atoms with van der Waals surface area (Å²) >= 11 is 3.25. The Bertz CT molecular complexity index is 519. The first kappa shape index (κ1) is 14.0. The summed E-state index contributed by atoms with van der Waals surface area (Å²) in [5.41, 5.74) is 0.468. The Labute approximate surface area is 119 Å². The van der Waals surface area contributed by atoms with Gasteiger partial charge in [-0.2, -0.15) is 0 Å². The first-order chi connectivity index (χ1) is 8.99. The molecule has 6 heteroatoms. The molecule has 0 aromatic heterocycles. The lowest BCUT2D eigenvalue weighted by molar-refractivity contribution is -0.384. The Kier molecular flexibility index (Phi) is 4.19. The highest BCUT2D eigenvalue weighted by atomic mass is 79.9. The number of hydrogen-bond donors (Lipinski definition) is 0. The minimum Gasteiger partial charge on any atom is -0.338 e. The molecule has 19 heavy (non-hydrogen) atoms. The molecule has 1 unspecified atom stereocenters. The summed E-state index contributed by atoms with van der Waals surface area (Å²) < 4.78 is 0.477. The van der Waals surface area contributed by atoms with Crippen molar-refractivity contribution in [3.63, 3.8) is 0 Å². The number of hydrogen-bond acceptors (Lipinski definition) is 3. The summed E-state index contributed by atoms with van der Waals surface area (Å²) in [4.78, 5) is 24.4. The van der Waals surface area contributed by atoms with Crippen LogP contribution in [0.1, 0.15) is 30.1 Å². The standard InChI is InChI=1S/C13H15BrN2O3/c1-9-3-2-6-15(8-9)13(17)11-5-4-10(16(18)19)7-12(11)14/h4-5,7,9H,2-3,6,8H2,1H3. The van der Waals surface area contributed by atoms with Crippen LogP contribution >= 0.6 is 15.9 Å². The Morgan fingerprint density at radius 3 is 2.84 bits per heavy atom. The molecule has 0 radical (unpaired) electrons. The summed E-state index contributed by atoms with van der Waals surface area (Å²) in [5, 5.41) is 10.7. The molecule has 1 aromatic carbocycles. The third kappa shape index (κ3) is 3.12. The van der Waals surface area contributed by atoms with Gasteiger partial charge in [0.15, 0.2) is 0 Å². The molecule has 5 nitrogen and oxygen atoms in total. The van der Waals surface area contributed by atoms with Crippen molar-refractivity contribution >= 4 is 27.5 Å². The fourth-order valence-electron chi connectivity index (χ4n) is 2.34. The van der Waals surface area contributed by atoms with Crippen LogP contribution in [0.15, 0.2) is 22.7 Å². The summed E-state index contributed by atoms with van der Waals surface area (Å²) in [5.74, 6) is 0.447. The van der Waals surface area contributed by atoms with E-state index in [1.807, 2.05) is 4.90 Å². The molecule has 1 atom stereocenters. The zero-order valence-electron chi connectivity index (χ0n) is 10.6. The van der Waals surface area contributed by atoms with E-state index in [2.05, 4.69) is 22.9 Å². The van der Waals surface area contributed by atoms with E-state index in [1.54, 1.807) is 0 Å². The Morgan fingerprint density at radius 2 is 2.26 bits per heavy atom. The SMILES string of the molecule is CC1CCCN(C(=O)c2ccc([N+](=O)[O-])cc2Br)C1. The second-order valence-electron chi connectivity index (χ2n) is 4.92. The monoisotopic (exact) mass is 326 g/mol. The number of rotatable bonds is 2. The number of nitro benzene ring substituents is 1. The Hall–Kier alpha value is -1.43. The molecule has 1 amide bonds. The number of non-ortho nitro benzene ring substituents is 1. The van der Waals surface area contributed by atoms with E-state index in [9.17, 15) is 14.9 Å². The highest BCUT2D eigenvalue weighted by Crippen LogP contribution is 2.26. The maximum Gasteiger partial charge on any atom is 0.270 e. The van der Waals surface area contributed by atoms with Crippen LogP contribution in [-0.2, 0) is 0 Å². The number of benzene rings is 1. The molecule has 102 valence electrons. The zero-order valence-corrected chi connectivity index (χ0v) is 12.2. The van der Waals surface area contributed by atoms with E-state index >= 15 is 0 Å². The number of nitro groups is 1. The maximum atomic E-state index is 12.4. The molecule has 1 saturated heterocycles. The highest BCUT2D eigenvalue weighted by molar-refractivity contribution is 9.10. The molecule has 0 saturated carbocycles. The number of carbonyl (C=O) groups excluding carboxylic acids is 1. The van der Waals surface area contributed by atoms with Gasteiger partial charge in [0.25, 0.3) is 11.6 Å². The zero-order chi connectivity index (χ0) is 14.0. The van der Waals surface area contributed by atoms with Gasteiger partial charge in [0, 0.05) is 29.7 Å². The predicted molar refractivity (Wildman–Crippen MR) is 75.1 cm³/mol. The van der Waals surface area contributed by atoms with Crippen molar-refractivity contribution in [1.29, 1.82) is 0 Å². The number of nitrogens with zero attached hydrogens (tertiary/aromatic N) is 2. The molecule has 0 aliphatic carbocycles. The number of piperidine rings is 1. The van der Waals surface area contributed by atoms with Gasteiger partial charge in [-0.15, -0.1) is 0 Å². The highest BCUT2D eigenvalue weighted by Gasteiger charge is 2.24. The molecular weight excluding hydrogens is 312 g/mol. The van der Waals surface area contributed by atoms with Crippen molar-refractivity contribution in [3.8, 4) is 0 Å². The fraction of sp³-hybridized carbons (Fsp3) is 0.462. The molecule has 1 fully saturated rings. The van der Waals surface area contributed by atoms with E-state index < -0.39 is 4.92 Å². The Morgan fingerprint density at radius 1 is 1.53 bits per heavy atom. The first-order valence-electron chi connectivity index (χ1n) is 6.22. The van der Waals surface area contributed by atoms with Crippen LogP contribution in [0.25, 0.3) is 0 Å². The topological polar surface area (TPSA) is 63.5 Å². The molecule has 1 aromatic rings. The van der Waals surface area contributed by atoms with Gasteiger partial charge in [-0.25, -0.2) is 0 Å². The molecular formula is C13H15BrN2O3. The van der Waals surface area contributed by atoms with E-state index in [0.717, 1.165) is 25.9 Å². The van der Waals surface area contributed by atoms with Gasteiger partial charge in [0.2, 0.25) is 0 Å². The lowest BCUT2D eigenvalue weighted by atomic mass is 9.99. The lowest BCUT2D eigenvalue weighted by Gasteiger charge is -2.31. The summed E-state index contributed by atoms with van der Waals surface area (Å²) in [6, 6.07) is 4.26.